The Balaban J connectivity index is 2.97. The molecule has 116 valence electrons. The van der Waals surface area contributed by atoms with Crippen molar-refractivity contribution in [3.8, 4) is 0 Å². The van der Waals surface area contributed by atoms with Gasteiger partial charge in [0.2, 0.25) is 5.91 Å². The van der Waals surface area contributed by atoms with E-state index in [1.54, 1.807) is 0 Å². The molecule has 0 fully saturated rings. The number of hydrogen-bond acceptors (Lipinski definition) is 3. The summed E-state index contributed by atoms with van der Waals surface area (Å²) in [6.45, 7) is 9.67. The Bertz CT molecular complexity index is 500. The fourth-order valence-corrected chi connectivity index (χ4v) is 2.94. The van der Waals surface area contributed by atoms with Gasteiger partial charge in [0.1, 0.15) is 0 Å². The van der Waals surface area contributed by atoms with E-state index in [1.165, 1.54) is 6.92 Å². The lowest BCUT2D eigenvalue weighted by Gasteiger charge is -2.30. The summed E-state index contributed by atoms with van der Waals surface area (Å²) in [7, 11) is 0. The molecular formula is C17H27N3O. The first-order chi connectivity index (χ1) is 9.72. The molecular weight excluding hydrogens is 262 g/mol. The first kappa shape index (κ1) is 17.3. The van der Waals surface area contributed by atoms with Crippen molar-refractivity contribution in [2.45, 2.75) is 53.5 Å². The molecule has 1 amide bonds. The van der Waals surface area contributed by atoms with Gasteiger partial charge in [0.05, 0.1) is 0 Å². The van der Waals surface area contributed by atoms with Gasteiger partial charge in [-0.3, -0.25) is 4.79 Å². The molecule has 0 spiro atoms. The van der Waals surface area contributed by atoms with Crippen molar-refractivity contribution in [3.05, 3.63) is 23.3 Å². The highest BCUT2D eigenvalue weighted by Crippen LogP contribution is 2.29. The molecule has 21 heavy (non-hydrogen) atoms. The minimum absolute atomic E-state index is 0.0695. The van der Waals surface area contributed by atoms with Crippen LogP contribution in [-0.2, 0) is 4.79 Å². The van der Waals surface area contributed by atoms with E-state index in [-0.39, 0.29) is 17.9 Å². The Kier molecular flexibility index (Phi) is 6.06. The van der Waals surface area contributed by atoms with Crippen molar-refractivity contribution in [2.75, 3.05) is 0 Å². The van der Waals surface area contributed by atoms with Crippen LogP contribution in [0.2, 0.25) is 0 Å². The van der Waals surface area contributed by atoms with Crippen LogP contribution in [0.25, 0.3) is 0 Å². The number of rotatable bonds is 6. The molecule has 1 unspecified atom stereocenters. The zero-order valence-electron chi connectivity index (χ0n) is 13.7. The predicted molar refractivity (Wildman–Crippen MR) is 88.1 cm³/mol. The van der Waals surface area contributed by atoms with E-state index in [1.807, 2.05) is 26.0 Å². The molecule has 0 radical (unpaired) electrons. The van der Waals surface area contributed by atoms with Crippen LogP contribution in [0.15, 0.2) is 23.3 Å². The zero-order chi connectivity index (χ0) is 16.2. The molecule has 0 aliphatic heterocycles. The minimum atomic E-state index is -0.107. The highest BCUT2D eigenvalue weighted by atomic mass is 16.1. The van der Waals surface area contributed by atoms with Crippen LogP contribution in [0.3, 0.4) is 0 Å². The van der Waals surface area contributed by atoms with Crippen LogP contribution >= 0.6 is 0 Å². The van der Waals surface area contributed by atoms with E-state index in [0.29, 0.717) is 23.8 Å². The van der Waals surface area contributed by atoms with Crippen molar-refractivity contribution in [2.24, 2.45) is 11.8 Å². The van der Waals surface area contributed by atoms with Crippen molar-refractivity contribution < 1.29 is 4.79 Å². The zero-order valence-corrected chi connectivity index (χ0v) is 13.7. The highest BCUT2D eigenvalue weighted by molar-refractivity contribution is 6.01. The van der Waals surface area contributed by atoms with E-state index in [2.05, 4.69) is 19.2 Å². The molecule has 0 saturated carbocycles. The number of allylic oxidation sites excluding steroid dienone is 3. The quantitative estimate of drug-likeness (QED) is 0.643. The Morgan fingerprint density at radius 3 is 2.48 bits per heavy atom. The second kappa shape index (κ2) is 7.34. The van der Waals surface area contributed by atoms with Gasteiger partial charge in [-0.1, -0.05) is 19.9 Å². The maximum Gasteiger partial charge on any atom is 0.217 e. The molecule has 0 aromatic heterocycles. The van der Waals surface area contributed by atoms with E-state index in [0.717, 1.165) is 17.6 Å². The third-order valence-corrected chi connectivity index (χ3v) is 3.71. The van der Waals surface area contributed by atoms with Crippen LogP contribution < -0.4 is 5.32 Å². The summed E-state index contributed by atoms with van der Waals surface area (Å²) in [6.07, 6.45) is 5.07. The standard InChI is InChI=1S/C17H27N3O/c1-10(2)8-14(18)9-15-16(19)7-6-11(3)17(15)12(4)20-13(5)21/h6-7,10,12,15,18-19H,8-9H2,1-5H3,(H,20,21)/t12-,15?/m0/s1. The Hall–Kier alpha value is -1.71. The third kappa shape index (κ3) is 4.96. The fourth-order valence-electron chi connectivity index (χ4n) is 2.94. The van der Waals surface area contributed by atoms with Gasteiger partial charge < -0.3 is 16.1 Å². The molecule has 0 saturated heterocycles. The van der Waals surface area contributed by atoms with Gasteiger partial charge in [0, 0.05) is 30.3 Å². The molecule has 0 heterocycles. The Morgan fingerprint density at radius 2 is 1.95 bits per heavy atom. The maximum absolute atomic E-state index is 11.3. The lowest BCUT2D eigenvalue weighted by Crippen LogP contribution is -2.38. The minimum Gasteiger partial charge on any atom is -0.350 e. The number of carbonyl (C=O) groups is 1. The van der Waals surface area contributed by atoms with Gasteiger partial charge in [-0.25, -0.2) is 0 Å². The summed E-state index contributed by atoms with van der Waals surface area (Å²) in [5.41, 5.74) is 3.36. The van der Waals surface area contributed by atoms with E-state index < -0.39 is 0 Å². The summed E-state index contributed by atoms with van der Waals surface area (Å²) in [6, 6.07) is -0.107. The van der Waals surface area contributed by atoms with Crippen LogP contribution in [-0.4, -0.2) is 23.4 Å². The van der Waals surface area contributed by atoms with Gasteiger partial charge in [0.25, 0.3) is 0 Å². The second-order valence-corrected chi connectivity index (χ2v) is 6.31. The molecule has 0 bridgehead atoms. The number of carbonyl (C=O) groups excluding carboxylic acids is 1. The molecule has 2 atom stereocenters. The smallest absolute Gasteiger partial charge is 0.217 e. The lowest BCUT2D eigenvalue weighted by molar-refractivity contribution is -0.119. The highest BCUT2D eigenvalue weighted by Gasteiger charge is 2.28. The van der Waals surface area contributed by atoms with E-state index in [9.17, 15) is 4.79 Å². The first-order valence-corrected chi connectivity index (χ1v) is 7.53. The largest absolute Gasteiger partial charge is 0.350 e. The SMILES string of the molecule is CC(=O)N[C@@H](C)C1=C(C)C=CC(=N)C1CC(=N)CC(C)C. The van der Waals surface area contributed by atoms with Gasteiger partial charge in [0.15, 0.2) is 0 Å². The van der Waals surface area contributed by atoms with Gasteiger partial charge in [-0.15, -0.1) is 0 Å². The number of amides is 1. The molecule has 1 aliphatic carbocycles. The third-order valence-electron chi connectivity index (χ3n) is 3.71. The summed E-state index contributed by atoms with van der Waals surface area (Å²) < 4.78 is 0. The average molecular weight is 289 g/mol. The molecule has 0 aromatic rings. The average Bonchev–Trinajstić information content (AvgIpc) is 2.31. The normalized spacial score (nSPS) is 19.9. The van der Waals surface area contributed by atoms with E-state index >= 15 is 0 Å². The fraction of sp³-hybridized carbons (Fsp3) is 0.588. The summed E-state index contributed by atoms with van der Waals surface area (Å²) >= 11 is 0. The van der Waals surface area contributed by atoms with Crippen molar-refractivity contribution >= 4 is 17.3 Å². The monoisotopic (exact) mass is 289 g/mol. The Morgan fingerprint density at radius 1 is 1.33 bits per heavy atom. The summed E-state index contributed by atoms with van der Waals surface area (Å²) in [5, 5.41) is 19.3. The van der Waals surface area contributed by atoms with Gasteiger partial charge >= 0.3 is 0 Å². The molecule has 0 aromatic carbocycles. The Labute approximate surface area is 127 Å². The van der Waals surface area contributed by atoms with Crippen LogP contribution in [0.4, 0.5) is 0 Å². The predicted octanol–water partition coefficient (Wildman–Crippen LogP) is 3.49. The number of hydrogen-bond donors (Lipinski definition) is 3. The van der Waals surface area contributed by atoms with Crippen LogP contribution in [0, 0.1) is 22.7 Å². The second-order valence-electron chi connectivity index (χ2n) is 6.31. The molecule has 1 aliphatic rings. The molecule has 4 nitrogen and oxygen atoms in total. The van der Waals surface area contributed by atoms with Crippen LogP contribution in [0.5, 0.6) is 0 Å². The summed E-state index contributed by atoms with van der Waals surface area (Å²) in [4.78, 5) is 11.3. The molecule has 1 rings (SSSR count). The topological polar surface area (TPSA) is 76.8 Å². The maximum atomic E-state index is 11.3. The van der Waals surface area contributed by atoms with Crippen LogP contribution in [0.1, 0.15) is 47.5 Å². The van der Waals surface area contributed by atoms with Gasteiger partial charge in [-0.05, 0) is 49.8 Å². The van der Waals surface area contributed by atoms with Crippen molar-refractivity contribution in [3.63, 3.8) is 0 Å². The van der Waals surface area contributed by atoms with Crippen molar-refractivity contribution in [1.29, 1.82) is 10.8 Å². The van der Waals surface area contributed by atoms with E-state index in [4.69, 9.17) is 10.8 Å². The van der Waals surface area contributed by atoms with Gasteiger partial charge in [-0.2, -0.15) is 0 Å². The summed E-state index contributed by atoms with van der Waals surface area (Å²) in [5.74, 6) is 0.287. The lowest BCUT2D eigenvalue weighted by atomic mass is 9.78. The number of nitrogens with one attached hydrogen (secondary N) is 3. The molecule has 3 N–H and O–H groups in total. The van der Waals surface area contributed by atoms with Crippen molar-refractivity contribution in [1.82, 2.24) is 5.32 Å². The first-order valence-electron chi connectivity index (χ1n) is 7.53. The molecule has 4 heteroatoms.